The summed E-state index contributed by atoms with van der Waals surface area (Å²) < 4.78 is 2.19. The van der Waals surface area contributed by atoms with Gasteiger partial charge < -0.3 is 9.55 Å². The van der Waals surface area contributed by atoms with Crippen molar-refractivity contribution in [2.24, 2.45) is 0 Å². The van der Waals surface area contributed by atoms with Gasteiger partial charge in [0.2, 0.25) is 0 Å². The van der Waals surface area contributed by atoms with Gasteiger partial charge in [-0.15, -0.1) is 0 Å². The van der Waals surface area contributed by atoms with E-state index in [1.807, 2.05) is 60.8 Å². The standard InChI is InChI=1S/C20H16N2O/c23-20-13-19(17-10-6-12-21-17)22(14-15-7-2-1-3-8-15)18-11-5-4-9-16(18)20/h1-13,21H,14H2. The average Bonchev–Trinajstić information content (AvgIpc) is 3.13. The molecule has 1 N–H and O–H groups in total. The molecule has 0 radical (unpaired) electrons. The van der Waals surface area contributed by atoms with Crippen molar-refractivity contribution >= 4 is 10.9 Å². The maximum absolute atomic E-state index is 12.5. The van der Waals surface area contributed by atoms with Crippen LogP contribution in [0.5, 0.6) is 0 Å². The quantitative estimate of drug-likeness (QED) is 0.609. The molecule has 4 rings (SSSR count). The SMILES string of the molecule is O=c1cc(-c2ccc[nH]2)n(Cc2ccccc2)c2ccccc12. The fourth-order valence-corrected chi connectivity index (χ4v) is 2.98. The van der Waals surface area contributed by atoms with E-state index < -0.39 is 0 Å². The number of aromatic amines is 1. The molecule has 2 aromatic carbocycles. The van der Waals surface area contributed by atoms with Crippen molar-refractivity contribution in [1.29, 1.82) is 0 Å². The van der Waals surface area contributed by atoms with Crippen LogP contribution in [0.1, 0.15) is 5.56 Å². The summed E-state index contributed by atoms with van der Waals surface area (Å²) in [5, 5.41) is 0.749. The second-order valence-electron chi connectivity index (χ2n) is 5.57. The van der Waals surface area contributed by atoms with Crippen LogP contribution in [0.25, 0.3) is 22.3 Å². The first-order chi connectivity index (χ1) is 11.3. The maximum Gasteiger partial charge on any atom is 0.190 e. The van der Waals surface area contributed by atoms with Crippen molar-refractivity contribution in [2.75, 3.05) is 0 Å². The first-order valence-electron chi connectivity index (χ1n) is 7.63. The first-order valence-corrected chi connectivity index (χ1v) is 7.63. The second-order valence-corrected chi connectivity index (χ2v) is 5.57. The Bertz CT molecular complexity index is 999. The van der Waals surface area contributed by atoms with Gasteiger partial charge in [-0.25, -0.2) is 0 Å². The van der Waals surface area contributed by atoms with Crippen LogP contribution in [0.2, 0.25) is 0 Å². The lowest BCUT2D eigenvalue weighted by atomic mass is 10.1. The maximum atomic E-state index is 12.5. The molecule has 0 aliphatic heterocycles. The Morgan fingerprint density at radius 1 is 0.870 bits per heavy atom. The van der Waals surface area contributed by atoms with Gasteiger partial charge in [0.1, 0.15) is 0 Å². The molecule has 0 spiro atoms. The second kappa shape index (κ2) is 5.61. The molecule has 0 amide bonds. The Hall–Kier alpha value is -3.07. The highest BCUT2D eigenvalue weighted by Crippen LogP contribution is 2.22. The Kier molecular flexibility index (Phi) is 3.31. The van der Waals surface area contributed by atoms with Crippen molar-refractivity contribution in [3.05, 3.63) is 94.8 Å². The molecule has 0 unspecified atom stereocenters. The van der Waals surface area contributed by atoms with Crippen LogP contribution in [0.3, 0.4) is 0 Å². The highest BCUT2D eigenvalue weighted by atomic mass is 16.1. The number of hydrogen-bond acceptors (Lipinski definition) is 1. The average molecular weight is 300 g/mol. The molecule has 0 aliphatic rings. The molecule has 3 heteroatoms. The summed E-state index contributed by atoms with van der Waals surface area (Å²) in [5.74, 6) is 0. The molecule has 0 atom stereocenters. The lowest BCUT2D eigenvalue weighted by Crippen LogP contribution is -2.12. The van der Waals surface area contributed by atoms with E-state index in [1.165, 1.54) is 5.56 Å². The number of para-hydroxylation sites is 1. The number of fused-ring (bicyclic) bond motifs is 1. The van der Waals surface area contributed by atoms with E-state index in [-0.39, 0.29) is 5.43 Å². The largest absolute Gasteiger partial charge is 0.360 e. The number of nitrogens with one attached hydrogen (secondary N) is 1. The van der Waals surface area contributed by atoms with Gasteiger partial charge >= 0.3 is 0 Å². The molecule has 0 bridgehead atoms. The third-order valence-corrected chi connectivity index (χ3v) is 4.08. The molecule has 2 aromatic heterocycles. The summed E-state index contributed by atoms with van der Waals surface area (Å²) in [6.07, 6.45) is 1.88. The number of aromatic nitrogens is 2. The molecule has 23 heavy (non-hydrogen) atoms. The van der Waals surface area contributed by atoms with Gasteiger partial charge in [0, 0.05) is 24.2 Å². The van der Waals surface area contributed by atoms with E-state index in [9.17, 15) is 4.79 Å². The Balaban J connectivity index is 2.00. The fourth-order valence-electron chi connectivity index (χ4n) is 2.98. The summed E-state index contributed by atoms with van der Waals surface area (Å²) >= 11 is 0. The number of pyridine rings is 1. The zero-order chi connectivity index (χ0) is 15.6. The molecule has 2 heterocycles. The Labute approximate surface area is 133 Å². The molecule has 0 fully saturated rings. The first kappa shape index (κ1) is 13.6. The van der Waals surface area contributed by atoms with Crippen LogP contribution in [0.4, 0.5) is 0 Å². The van der Waals surface area contributed by atoms with E-state index in [0.717, 1.165) is 28.8 Å². The number of rotatable bonds is 3. The van der Waals surface area contributed by atoms with Gasteiger partial charge in [-0.3, -0.25) is 4.79 Å². The highest BCUT2D eigenvalue weighted by Gasteiger charge is 2.11. The lowest BCUT2D eigenvalue weighted by Gasteiger charge is -2.16. The summed E-state index contributed by atoms with van der Waals surface area (Å²) in [5.41, 5.74) is 4.06. The molecule has 0 aliphatic carbocycles. The molecule has 4 aromatic rings. The van der Waals surface area contributed by atoms with Gasteiger partial charge in [-0.1, -0.05) is 42.5 Å². The normalized spacial score (nSPS) is 11.0. The van der Waals surface area contributed by atoms with E-state index in [4.69, 9.17) is 0 Å². The lowest BCUT2D eigenvalue weighted by molar-refractivity contribution is 0.832. The zero-order valence-electron chi connectivity index (χ0n) is 12.6. The summed E-state index contributed by atoms with van der Waals surface area (Å²) in [4.78, 5) is 15.7. The predicted molar refractivity (Wildman–Crippen MR) is 93.5 cm³/mol. The third kappa shape index (κ3) is 2.46. The van der Waals surface area contributed by atoms with Crippen LogP contribution in [-0.2, 0) is 6.54 Å². The fraction of sp³-hybridized carbons (Fsp3) is 0.0500. The monoisotopic (exact) mass is 300 g/mol. The van der Waals surface area contributed by atoms with Gasteiger partial charge in [0.05, 0.1) is 16.9 Å². The topological polar surface area (TPSA) is 37.8 Å². The summed E-state index contributed by atoms with van der Waals surface area (Å²) in [6, 6.07) is 23.7. The molecule has 112 valence electrons. The molecular weight excluding hydrogens is 284 g/mol. The van der Waals surface area contributed by atoms with Crippen LogP contribution >= 0.6 is 0 Å². The Morgan fingerprint density at radius 2 is 1.65 bits per heavy atom. The molecule has 0 saturated heterocycles. The third-order valence-electron chi connectivity index (χ3n) is 4.08. The summed E-state index contributed by atoms with van der Waals surface area (Å²) in [6.45, 7) is 0.718. The van der Waals surface area contributed by atoms with Crippen molar-refractivity contribution < 1.29 is 0 Å². The number of hydrogen-bond donors (Lipinski definition) is 1. The summed E-state index contributed by atoms with van der Waals surface area (Å²) in [7, 11) is 0. The smallest absolute Gasteiger partial charge is 0.190 e. The Morgan fingerprint density at radius 3 is 2.43 bits per heavy atom. The van der Waals surface area contributed by atoms with Crippen LogP contribution in [0.15, 0.2) is 83.8 Å². The van der Waals surface area contributed by atoms with E-state index >= 15 is 0 Å². The van der Waals surface area contributed by atoms with Crippen LogP contribution < -0.4 is 5.43 Å². The van der Waals surface area contributed by atoms with E-state index in [1.54, 1.807) is 6.07 Å². The van der Waals surface area contributed by atoms with Gasteiger partial charge in [0.15, 0.2) is 5.43 Å². The highest BCUT2D eigenvalue weighted by molar-refractivity contribution is 5.82. The predicted octanol–water partition coefficient (Wildman–Crippen LogP) is 4.04. The van der Waals surface area contributed by atoms with Crippen LogP contribution in [0, 0.1) is 0 Å². The van der Waals surface area contributed by atoms with Gasteiger partial charge in [-0.05, 0) is 29.8 Å². The van der Waals surface area contributed by atoms with Crippen molar-refractivity contribution in [3.8, 4) is 11.4 Å². The van der Waals surface area contributed by atoms with Gasteiger partial charge in [-0.2, -0.15) is 0 Å². The van der Waals surface area contributed by atoms with Crippen molar-refractivity contribution in [3.63, 3.8) is 0 Å². The van der Waals surface area contributed by atoms with Crippen molar-refractivity contribution in [1.82, 2.24) is 9.55 Å². The van der Waals surface area contributed by atoms with E-state index in [0.29, 0.717) is 0 Å². The van der Waals surface area contributed by atoms with E-state index in [2.05, 4.69) is 21.7 Å². The van der Waals surface area contributed by atoms with Crippen LogP contribution in [-0.4, -0.2) is 9.55 Å². The van der Waals surface area contributed by atoms with Crippen molar-refractivity contribution in [2.45, 2.75) is 6.54 Å². The minimum Gasteiger partial charge on any atom is -0.360 e. The zero-order valence-corrected chi connectivity index (χ0v) is 12.6. The number of benzene rings is 2. The molecule has 0 saturated carbocycles. The van der Waals surface area contributed by atoms with Gasteiger partial charge in [0.25, 0.3) is 0 Å². The minimum absolute atomic E-state index is 0.0505. The molecule has 3 nitrogen and oxygen atoms in total. The number of nitrogens with zero attached hydrogens (tertiary/aromatic N) is 1. The number of H-pyrrole nitrogens is 1. The molecular formula is C20H16N2O. The minimum atomic E-state index is 0.0505.